The second-order valence-corrected chi connectivity index (χ2v) is 4.57. The number of aromatic carboxylic acids is 1. The molecule has 1 heterocycles. The number of benzene rings is 1. The summed E-state index contributed by atoms with van der Waals surface area (Å²) in [6.45, 7) is 3.37. The Bertz CT molecular complexity index is 722. The predicted octanol–water partition coefficient (Wildman–Crippen LogP) is 2.41. The minimum atomic E-state index is -1.30. The molecular formula is C13H11ClN2O3. The van der Waals surface area contributed by atoms with Crippen molar-refractivity contribution < 1.29 is 9.90 Å². The van der Waals surface area contributed by atoms with Crippen molar-refractivity contribution in [1.29, 1.82) is 0 Å². The molecule has 1 aromatic heterocycles. The van der Waals surface area contributed by atoms with Crippen LogP contribution in [0, 0.1) is 13.8 Å². The van der Waals surface area contributed by atoms with Gasteiger partial charge in [-0.3, -0.25) is 4.79 Å². The zero-order chi connectivity index (χ0) is 14.2. The molecule has 19 heavy (non-hydrogen) atoms. The molecule has 2 aromatic rings. The van der Waals surface area contributed by atoms with Gasteiger partial charge in [-0.1, -0.05) is 17.7 Å². The fourth-order valence-electron chi connectivity index (χ4n) is 1.78. The Hall–Kier alpha value is -2.14. The number of aromatic amines is 1. The maximum Gasteiger partial charge on any atom is 0.343 e. The summed E-state index contributed by atoms with van der Waals surface area (Å²) in [5.41, 5.74) is 0.654. The molecular weight excluding hydrogens is 268 g/mol. The number of carboxylic acids is 1. The van der Waals surface area contributed by atoms with Crippen LogP contribution in [-0.4, -0.2) is 21.0 Å². The molecule has 2 rings (SSSR count). The van der Waals surface area contributed by atoms with Crippen molar-refractivity contribution in [3.63, 3.8) is 0 Å². The maximum absolute atomic E-state index is 11.7. The molecule has 1 aromatic carbocycles. The predicted molar refractivity (Wildman–Crippen MR) is 71.7 cm³/mol. The molecule has 0 bridgehead atoms. The van der Waals surface area contributed by atoms with Crippen LogP contribution in [0.1, 0.15) is 21.6 Å². The molecule has 0 amide bonds. The lowest BCUT2D eigenvalue weighted by Crippen LogP contribution is -2.21. The van der Waals surface area contributed by atoms with E-state index in [9.17, 15) is 9.59 Å². The number of aromatic nitrogens is 2. The number of rotatable bonds is 2. The average Bonchev–Trinajstić information content (AvgIpc) is 2.26. The van der Waals surface area contributed by atoms with Gasteiger partial charge in [-0.05, 0) is 31.5 Å². The van der Waals surface area contributed by atoms with Gasteiger partial charge >= 0.3 is 5.97 Å². The van der Waals surface area contributed by atoms with E-state index in [4.69, 9.17) is 16.7 Å². The van der Waals surface area contributed by atoms with Crippen molar-refractivity contribution in [2.75, 3.05) is 0 Å². The highest BCUT2D eigenvalue weighted by atomic mass is 35.5. The van der Waals surface area contributed by atoms with E-state index in [1.807, 2.05) is 13.0 Å². The van der Waals surface area contributed by atoms with E-state index in [1.54, 1.807) is 12.1 Å². The Kier molecular flexibility index (Phi) is 3.40. The number of halogens is 1. The largest absolute Gasteiger partial charge is 0.477 e. The van der Waals surface area contributed by atoms with Gasteiger partial charge in [0.1, 0.15) is 11.4 Å². The molecule has 0 spiro atoms. The van der Waals surface area contributed by atoms with Gasteiger partial charge in [-0.25, -0.2) is 9.78 Å². The normalized spacial score (nSPS) is 10.5. The average molecular weight is 279 g/mol. The number of nitrogens with zero attached hydrogens (tertiary/aromatic N) is 1. The van der Waals surface area contributed by atoms with Gasteiger partial charge < -0.3 is 10.1 Å². The van der Waals surface area contributed by atoms with Crippen LogP contribution in [0.4, 0.5) is 0 Å². The Morgan fingerprint density at radius 1 is 1.37 bits per heavy atom. The summed E-state index contributed by atoms with van der Waals surface area (Å²) in [7, 11) is 0. The first-order valence-corrected chi connectivity index (χ1v) is 5.88. The van der Waals surface area contributed by atoms with Crippen molar-refractivity contribution in [2.45, 2.75) is 13.8 Å². The van der Waals surface area contributed by atoms with Crippen molar-refractivity contribution in [1.82, 2.24) is 9.97 Å². The minimum absolute atomic E-state index is 0.155. The van der Waals surface area contributed by atoms with Crippen LogP contribution in [0.15, 0.2) is 23.0 Å². The zero-order valence-electron chi connectivity index (χ0n) is 10.3. The summed E-state index contributed by atoms with van der Waals surface area (Å²) in [4.78, 5) is 29.2. The minimum Gasteiger partial charge on any atom is -0.477 e. The van der Waals surface area contributed by atoms with Crippen molar-refractivity contribution in [3.05, 3.63) is 50.4 Å². The molecule has 98 valence electrons. The number of carbonyl (C=O) groups is 1. The number of aryl methyl sites for hydroxylation is 2. The van der Waals surface area contributed by atoms with E-state index in [1.165, 1.54) is 6.92 Å². The van der Waals surface area contributed by atoms with E-state index in [0.717, 1.165) is 5.56 Å². The molecule has 0 aliphatic rings. The number of hydrogen-bond acceptors (Lipinski definition) is 3. The molecule has 0 radical (unpaired) electrons. The highest BCUT2D eigenvalue weighted by molar-refractivity contribution is 6.33. The number of hydrogen-bond donors (Lipinski definition) is 2. The van der Waals surface area contributed by atoms with Crippen LogP contribution in [0.25, 0.3) is 11.4 Å². The van der Waals surface area contributed by atoms with Crippen LogP contribution >= 0.6 is 11.6 Å². The maximum atomic E-state index is 11.7. The molecule has 0 saturated carbocycles. The van der Waals surface area contributed by atoms with Gasteiger partial charge in [-0.15, -0.1) is 0 Å². The molecule has 0 aliphatic heterocycles. The Labute approximate surface area is 113 Å². The highest BCUT2D eigenvalue weighted by Gasteiger charge is 2.16. The standard InChI is InChI=1S/C13H11ClN2O3/c1-6-3-4-8(9(14)5-6)11-15-7(2)10(13(18)19)12(17)16-11/h3-5H,1-2H3,(H,18,19)(H,15,16,17). The number of nitrogens with one attached hydrogen (secondary N) is 1. The van der Waals surface area contributed by atoms with E-state index in [0.29, 0.717) is 10.6 Å². The van der Waals surface area contributed by atoms with Crippen LogP contribution in [0.5, 0.6) is 0 Å². The third-order valence-corrected chi connectivity index (χ3v) is 3.01. The van der Waals surface area contributed by atoms with E-state index >= 15 is 0 Å². The molecule has 2 N–H and O–H groups in total. The molecule has 0 aliphatic carbocycles. The third-order valence-electron chi connectivity index (χ3n) is 2.69. The van der Waals surface area contributed by atoms with Crippen LogP contribution in [-0.2, 0) is 0 Å². The van der Waals surface area contributed by atoms with Gasteiger partial charge in [-0.2, -0.15) is 0 Å². The lowest BCUT2D eigenvalue weighted by Gasteiger charge is -2.07. The second-order valence-electron chi connectivity index (χ2n) is 4.16. The van der Waals surface area contributed by atoms with Gasteiger partial charge in [0.15, 0.2) is 0 Å². The van der Waals surface area contributed by atoms with Gasteiger partial charge in [0.25, 0.3) is 5.56 Å². The number of carboxylic acid groups (broad SMARTS) is 1. The quantitative estimate of drug-likeness (QED) is 0.883. The summed E-state index contributed by atoms with van der Waals surface area (Å²) >= 11 is 6.09. The first-order valence-electron chi connectivity index (χ1n) is 5.51. The van der Waals surface area contributed by atoms with E-state index in [2.05, 4.69) is 9.97 Å². The molecule has 6 heteroatoms. The lowest BCUT2D eigenvalue weighted by molar-refractivity contribution is 0.0693. The molecule has 5 nitrogen and oxygen atoms in total. The van der Waals surface area contributed by atoms with E-state index in [-0.39, 0.29) is 17.1 Å². The Balaban J connectivity index is 2.65. The summed E-state index contributed by atoms with van der Waals surface area (Å²) in [6.07, 6.45) is 0. The monoisotopic (exact) mass is 278 g/mol. The van der Waals surface area contributed by atoms with Crippen LogP contribution in [0.2, 0.25) is 5.02 Å². The second kappa shape index (κ2) is 4.85. The van der Waals surface area contributed by atoms with Crippen molar-refractivity contribution >= 4 is 17.6 Å². The van der Waals surface area contributed by atoms with Crippen LogP contribution < -0.4 is 5.56 Å². The Morgan fingerprint density at radius 3 is 2.58 bits per heavy atom. The Morgan fingerprint density at radius 2 is 2.05 bits per heavy atom. The molecule has 0 atom stereocenters. The van der Waals surface area contributed by atoms with Gasteiger partial charge in [0.05, 0.1) is 10.7 Å². The summed E-state index contributed by atoms with van der Waals surface area (Å²) in [5.74, 6) is -1.04. The smallest absolute Gasteiger partial charge is 0.343 e. The van der Waals surface area contributed by atoms with E-state index < -0.39 is 11.5 Å². The molecule has 0 unspecified atom stereocenters. The van der Waals surface area contributed by atoms with Gasteiger partial charge in [0, 0.05) is 5.56 Å². The zero-order valence-corrected chi connectivity index (χ0v) is 11.1. The third kappa shape index (κ3) is 2.51. The lowest BCUT2D eigenvalue weighted by atomic mass is 10.1. The highest BCUT2D eigenvalue weighted by Crippen LogP contribution is 2.25. The first-order chi connectivity index (χ1) is 8.90. The summed E-state index contributed by atoms with van der Waals surface area (Å²) < 4.78 is 0. The molecule has 0 fully saturated rings. The summed E-state index contributed by atoms with van der Waals surface area (Å²) in [6, 6.07) is 5.31. The number of H-pyrrole nitrogens is 1. The SMILES string of the molecule is Cc1ccc(-c2nc(C)c(C(=O)O)c(=O)[nH]2)c(Cl)c1. The summed E-state index contributed by atoms with van der Waals surface area (Å²) in [5, 5.41) is 9.36. The van der Waals surface area contributed by atoms with Crippen LogP contribution in [0.3, 0.4) is 0 Å². The molecule has 0 saturated heterocycles. The fraction of sp³-hybridized carbons (Fsp3) is 0.154. The topological polar surface area (TPSA) is 83.0 Å². The van der Waals surface area contributed by atoms with Crippen molar-refractivity contribution in [2.24, 2.45) is 0 Å². The first kappa shape index (κ1) is 13.3. The fourth-order valence-corrected chi connectivity index (χ4v) is 2.10. The van der Waals surface area contributed by atoms with Crippen molar-refractivity contribution in [3.8, 4) is 11.4 Å². The van der Waals surface area contributed by atoms with Gasteiger partial charge in [0.2, 0.25) is 0 Å².